The lowest BCUT2D eigenvalue weighted by Gasteiger charge is -2.15. The lowest BCUT2D eigenvalue weighted by atomic mass is 10.0. The van der Waals surface area contributed by atoms with Crippen LogP contribution < -0.4 is 5.32 Å². The molecule has 2 heteroatoms. The Bertz CT molecular complexity index is 807. The summed E-state index contributed by atoms with van der Waals surface area (Å²) in [6.45, 7) is 0. The largest absolute Gasteiger partial charge is 0.345 e. The molecule has 2 nitrogen and oxygen atoms in total. The van der Waals surface area contributed by atoms with Gasteiger partial charge < -0.3 is 5.32 Å². The third-order valence-electron chi connectivity index (χ3n) is 4.97. The molecule has 4 aliphatic carbocycles. The molecule has 1 aromatic rings. The van der Waals surface area contributed by atoms with Gasteiger partial charge in [-0.05, 0) is 52.8 Å². The summed E-state index contributed by atoms with van der Waals surface area (Å²) in [4.78, 5) is 12.6. The number of fused-ring (bicyclic) bond motifs is 4. The van der Waals surface area contributed by atoms with Gasteiger partial charge in [0.05, 0.1) is 6.04 Å². The summed E-state index contributed by atoms with van der Waals surface area (Å²) in [5.74, 6) is 0.574. The Labute approximate surface area is 123 Å². The van der Waals surface area contributed by atoms with E-state index in [0.29, 0.717) is 5.92 Å². The van der Waals surface area contributed by atoms with Crippen LogP contribution in [0.3, 0.4) is 0 Å². The van der Waals surface area contributed by atoms with Crippen LogP contribution in [-0.2, 0) is 11.2 Å². The van der Waals surface area contributed by atoms with Gasteiger partial charge in [-0.15, -0.1) is 0 Å². The summed E-state index contributed by atoms with van der Waals surface area (Å²) in [6, 6.07) is 8.58. The number of benzene rings is 1. The van der Waals surface area contributed by atoms with Gasteiger partial charge in [0.1, 0.15) is 0 Å². The average molecular weight is 273 g/mol. The maximum Gasteiger partial charge on any atom is 0.252 e. The highest BCUT2D eigenvalue weighted by atomic mass is 16.1. The van der Waals surface area contributed by atoms with Crippen LogP contribution >= 0.6 is 0 Å². The molecule has 21 heavy (non-hydrogen) atoms. The van der Waals surface area contributed by atoms with E-state index >= 15 is 0 Å². The molecule has 0 aromatic heterocycles. The predicted octanol–water partition coefficient (Wildman–Crippen LogP) is 3.15. The van der Waals surface area contributed by atoms with E-state index in [1.54, 1.807) is 0 Å². The minimum Gasteiger partial charge on any atom is -0.345 e. The first kappa shape index (κ1) is 11.3. The molecule has 102 valence electrons. The van der Waals surface area contributed by atoms with Gasteiger partial charge in [0.2, 0.25) is 0 Å². The maximum atomic E-state index is 12.6. The Hall–Kier alpha value is -2.35. The topological polar surface area (TPSA) is 29.1 Å². The van der Waals surface area contributed by atoms with E-state index in [2.05, 4.69) is 47.8 Å². The van der Waals surface area contributed by atoms with Crippen LogP contribution in [0.25, 0.3) is 0 Å². The summed E-state index contributed by atoms with van der Waals surface area (Å²) in [7, 11) is 0. The summed E-state index contributed by atoms with van der Waals surface area (Å²) in [5.41, 5.74) is 7.31. The van der Waals surface area contributed by atoms with E-state index in [0.717, 1.165) is 24.0 Å². The molecule has 1 unspecified atom stereocenters. The van der Waals surface area contributed by atoms with E-state index in [9.17, 15) is 4.79 Å². The van der Waals surface area contributed by atoms with Gasteiger partial charge in [0.25, 0.3) is 5.91 Å². The fourth-order valence-corrected chi connectivity index (χ4v) is 3.80. The standard InChI is InChI=1S/C19H15NO/c21-19(15-7-6-14-16-9-12(16)10-17(14)15)20-18-8-5-11-3-1-2-4-13(11)18/h1-4,6-7,9-10,16,18H,5,8H2,(H,20,21)/t16?,18-/m0/s1. The number of hydrogen-bond donors (Lipinski definition) is 1. The molecule has 0 saturated heterocycles. The minimum atomic E-state index is 0.0658. The van der Waals surface area contributed by atoms with Crippen LogP contribution in [0.1, 0.15) is 23.6 Å². The number of rotatable bonds is 2. The second kappa shape index (κ2) is 3.85. The van der Waals surface area contributed by atoms with E-state index in [4.69, 9.17) is 0 Å². The van der Waals surface area contributed by atoms with Crippen molar-refractivity contribution in [2.24, 2.45) is 5.92 Å². The Morgan fingerprint density at radius 2 is 2.10 bits per heavy atom. The lowest BCUT2D eigenvalue weighted by Crippen LogP contribution is -2.28. The number of amides is 1. The molecule has 0 aliphatic heterocycles. The number of nitrogens with one attached hydrogen (secondary N) is 1. The first-order valence-electron chi connectivity index (χ1n) is 7.56. The third-order valence-corrected chi connectivity index (χ3v) is 4.97. The van der Waals surface area contributed by atoms with Crippen LogP contribution in [0.2, 0.25) is 0 Å². The fourth-order valence-electron chi connectivity index (χ4n) is 3.80. The van der Waals surface area contributed by atoms with Crippen LogP contribution in [-0.4, -0.2) is 5.91 Å². The number of hydrogen-bond acceptors (Lipinski definition) is 1. The van der Waals surface area contributed by atoms with Crippen molar-refractivity contribution in [1.29, 1.82) is 0 Å². The number of carbonyl (C=O) groups is 1. The minimum absolute atomic E-state index is 0.0658. The van der Waals surface area contributed by atoms with Crippen LogP contribution in [0, 0.1) is 5.92 Å². The molecule has 0 fully saturated rings. The molecule has 1 aromatic carbocycles. The van der Waals surface area contributed by atoms with Crippen LogP contribution in [0.4, 0.5) is 0 Å². The molecular weight excluding hydrogens is 258 g/mol. The zero-order chi connectivity index (χ0) is 14.0. The van der Waals surface area contributed by atoms with E-state index in [1.165, 1.54) is 22.3 Å². The Balaban J connectivity index is 1.38. The molecule has 5 rings (SSSR count). The van der Waals surface area contributed by atoms with Gasteiger partial charge in [-0.2, -0.15) is 0 Å². The van der Waals surface area contributed by atoms with Crippen molar-refractivity contribution >= 4 is 5.91 Å². The Morgan fingerprint density at radius 1 is 1.19 bits per heavy atom. The average Bonchev–Trinajstić information content (AvgIpc) is 2.87. The van der Waals surface area contributed by atoms with Gasteiger partial charge in [-0.25, -0.2) is 0 Å². The Kier molecular flexibility index (Phi) is 2.08. The molecule has 1 N–H and O–H groups in total. The van der Waals surface area contributed by atoms with Gasteiger partial charge in [0, 0.05) is 11.5 Å². The van der Waals surface area contributed by atoms with Crippen molar-refractivity contribution in [3.8, 4) is 0 Å². The Morgan fingerprint density at radius 3 is 3.05 bits per heavy atom. The van der Waals surface area contributed by atoms with E-state index in [-0.39, 0.29) is 11.9 Å². The smallest absolute Gasteiger partial charge is 0.252 e. The van der Waals surface area contributed by atoms with Crippen LogP contribution in [0.15, 0.2) is 70.9 Å². The van der Waals surface area contributed by atoms with Gasteiger partial charge in [-0.1, -0.05) is 36.4 Å². The lowest BCUT2D eigenvalue weighted by molar-refractivity contribution is -0.117. The normalized spacial score (nSPS) is 27.0. The van der Waals surface area contributed by atoms with Gasteiger partial charge in [0.15, 0.2) is 0 Å². The molecule has 1 amide bonds. The van der Waals surface area contributed by atoms with Gasteiger partial charge in [-0.3, -0.25) is 4.79 Å². The molecule has 0 spiro atoms. The van der Waals surface area contributed by atoms with Crippen molar-refractivity contribution < 1.29 is 4.79 Å². The van der Waals surface area contributed by atoms with Crippen molar-refractivity contribution in [3.05, 3.63) is 82.0 Å². The molecule has 2 atom stereocenters. The molecule has 4 aliphatic rings. The zero-order valence-electron chi connectivity index (χ0n) is 11.6. The third kappa shape index (κ3) is 1.56. The van der Waals surface area contributed by atoms with Crippen molar-refractivity contribution in [3.63, 3.8) is 0 Å². The summed E-state index contributed by atoms with van der Waals surface area (Å²) in [6.07, 6.45) is 10.5. The highest BCUT2D eigenvalue weighted by Gasteiger charge is 2.39. The molecule has 0 saturated carbocycles. The molecular formula is C19H15NO. The molecule has 0 radical (unpaired) electrons. The quantitative estimate of drug-likeness (QED) is 0.881. The summed E-state index contributed by atoms with van der Waals surface area (Å²) >= 11 is 0. The second-order valence-corrected chi connectivity index (χ2v) is 6.17. The second-order valence-electron chi connectivity index (χ2n) is 6.17. The molecule has 0 heterocycles. The zero-order valence-corrected chi connectivity index (χ0v) is 11.6. The SMILES string of the molecule is O=C(N[C@H]1CCc2ccccc21)C1=CC=C2C1=CC1=CC12. The number of carbonyl (C=O) groups excluding carboxylic acids is 1. The van der Waals surface area contributed by atoms with Crippen molar-refractivity contribution in [2.75, 3.05) is 0 Å². The monoisotopic (exact) mass is 273 g/mol. The van der Waals surface area contributed by atoms with Crippen molar-refractivity contribution in [1.82, 2.24) is 5.32 Å². The highest BCUT2D eigenvalue weighted by Crippen LogP contribution is 2.51. The number of allylic oxidation sites excluding steroid dienone is 6. The van der Waals surface area contributed by atoms with Crippen molar-refractivity contribution in [2.45, 2.75) is 18.9 Å². The fraction of sp³-hybridized carbons (Fsp3) is 0.211. The highest BCUT2D eigenvalue weighted by molar-refractivity contribution is 6.02. The van der Waals surface area contributed by atoms with Gasteiger partial charge >= 0.3 is 0 Å². The summed E-state index contributed by atoms with van der Waals surface area (Å²) < 4.78 is 0. The van der Waals surface area contributed by atoms with E-state index in [1.807, 2.05) is 6.08 Å². The maximum absolute atomic E-state index is 12.6. The summed E-state index contributed by atoms with van der Waals surface area (Å²) in [5, 5.41) is 3.22. The first-order valence-corrected chi connectivity index (χ1v) is 7.56. The van der Waals surface area contributed by atoms with Crippen LogP contribution in [0.5, 0.6) is 0 Å². The molecule has 0 bridgehead atoms. The van der Waals surface area contributed by atoms with E-state index < -0.39 is 0 Å². The predicted molar refractivity (Wildman–Crippen MR) is 81.5 cm³/mol. The number of aryl methyl sites for hydroxylation is 1. The first-order chi connectivity index (χ1) is 10.3.